The molecule has 0 atom stereocenters. The van der Waals surface area contributed by atoms with Gasteiger partial charge in [0.25, 0.3) is 0 Å². The average Bonchev–Trinajstić information content (AvgIpc) is 2.44. The molecule has 0 saturated carbocycles. The van der Waals surface area contributed by atoms with Gasteiger partial charge in [-0.25, -0.2) is 0 Å². The molecule has 21 heavy (non-hydrogen) atoms. The minimum absolute atomic E-state index is 0.0650. The summed E-state index contributed by atoms with van der Waals surface area (Å²) in [4.78, 5) is 4.64. The molecular formula is C17H27ClN2O. The first-order valence-electron chi connectivity index (χ1n) is 7.68. The molecule has 1 heterocycles. The number of hydrogen-bond donors (Lipinski definition) is 1. The molecule has 1 fully saturated rings. The van der Waals surface area contributed by atoms with Gasteiger partial charge in [0.15, 0.2) is 0 Å². The molecule has 3 nitrogen and oxygen atoms in total. The quantitative estimate of drug-likeness (QED) is 0.906. The van der Waals surface area contributed by atoms with Crippen LogP contribution in [0, 0.1) is 12.3 Å². The summed E-state index contributed by atoms with van der Waals surface area (Å²) < 4.78 is 0. The second-order valence-electron chi connectivity index (χ2n) is 6.71. The maximum Gasteiger partial charge on any atom is 0.0500 e. The summed E-state index contributed by atoms with van der Waals surface area (Å²) >= 11 is 6.33. The smallest absolute Gasteiger partial charge is 0.0500 e. The molecule has 0 radical (unpaired) electrons. The summed E-state index contributed by atoms with van der Waals surface area (Å²) in [7, 11) is 4.16. The van der Waals surface area contributed by atoms with Gasteiger partial charge in [-0.2, -0.15) is 0 Å². The summed E-state index contributed by atoms with van der Waals surface area (Å²) in [6.07, 6.45) is 2.09. The Morgan fingerprint density at radius 2 is 1.95 bits per heavy atom. The standard InChI is InChI=1S/C17H27ClN2O/c1-14-5-4-6-16(18)15(14)11-20-9-7-17(13-21,8-10-20)12-19(2)3/h4-6,21H,7-13H2,1-3H3. The Morgan fingerprint density at radius 1 is 1.29 bits per heavy atom. The van der Waals surface area contributed by atoms with E-state index in [9.17, 15) is 5.11 Å². The molecule has 0 bridgehead atoms. The van der Waals surface area contributed by atoms with Crippen LogP contribution in [0.1, 0.15) is 24.0 Å². The predicted molar refractivity (Wildman–Crippen MR) is 88.8 cm³/mol. The van der Waals surface area contributed by atoms with Crippen LogP contribution < -0.4 is 0 Å². The Bertz CT molecular complexity index is 448. The average molecular weight is 311 g/mol. The molecule has 2 rings (SSSR count). The lowest BCUT2D eigenvalue weighted by Crippen LogP contribution is -2.46. The van der Waals surface area contributed by atoms with Crippen molar-refractivity contribution in [2.75, 3.05) is 40.3 Å². The number of likely N-dealkylation sites (tertiary alicyclic amines) is 1. The number of rotatable bonds is 5. The van der Waals surface area contributed by atoms with Gasteiger partial charge in [0, 0.05) is 23.5 Å². The van der Waals surface area contributed by atoms with Crippen molar-refractivity contribution in [1.29, 1.82) is 0 Å². The van der Waals surface area contributed by atoms with E-state index < -0.39 is 0 Å². The van der Waals surface area contributed by atoms with Crippen LogP contribution in [0.5, 0.6) is 0 Å². The minimum atomic E-state index is 0.0650. The third-order valence-electron chi connectivity index (χ3n) is 4.64. The van der Waals surface area contributed by atoms with E-state index in [1.165, 1.54) is 11.1 Å². The van der Waals surface area contributed by atoms with Crippen molar-refractivity contribution in [3.8, 4) is 0 Å². The van der Waals surface area contributed by atoms with Gasteiger partial charge in [-0.1, -0.05) is 23.7 Å². The van der Waals surface area contributed by atoms with Crippen molar-refractivity contribution in [2.45, 2.75) is 26.3 Å². The molecule has 1 saturated heterocycles. The molecular weight excluding hydrogens is 284 g/mol. The largest absolute Gasteiger partial charge is 0.396 e. The highest BCUT2D eigenvalue weighted by molar-refractivity contribution is 6.31. The van der Waals surface area contributed by atoms with E-state index in [1.807, 2.05) is 12.1 Å². The van der Waals surface area contributed by atoms with Gasteiger partial charge in [-0.15, -0.1) is 0 Å². The Balaban J connectivity index is 1.98. The molecule has 118 valence electrons. The van der Waals surface area contributed by atoms with E-state index in [0.717, 1.165) is 44.0 Å². The van der Waals surface area contributed by atoms with Crippen molar-refractivity contribution < 1.29 is 5.11 Å². The fourth-order valence-electron chi connectivity index (χ4n) is 3.31. The van der Waals surface area contributed by atoms with Gasteiger partial charge in [0.2, 0.25) is 0 Å². The van der Waals surface area contributed by atoms with Gasteiger partial charge in [0.1, 0.15) is 0 Å². The summed E-state index contributed by atoms with van der Waals surface area (Å²) in [5, 5.41) is 10.7. The maximum atomic E-state index is 9.79. The Kier molecular flexibility index (Phi) is 5.67. The normalized spacial score (nSPS) is 19.1. The van der Waals surface area contributed by atoms with Crippen LogP contribution in [0.25, 0.3) is 0 Å². The number of halogens is 1. The molecule has 0 aromatic heterocycles. The van der Waals surface area contributed by atoms with Crippen molar-refractivity contribution in [3.63, 3.8) is 0 Å². The number of aliphatic hydroxyl groups is 1. The van der Waals surface area contributed by atoms with Crippen LogP contribution in [-0.4, -0.2) is 55.2 Å². The number of nitrogens with zero attached hydrogens (tertiary/aromatic N) is 2. The first-order chi connectivity index (χ1) is 9.96. The fourth-order valence-corrected chi connectivity index (χ4v) is 3.59. The third-order valence-corrected chi connectivity index (χ3v) is 4.99. The van der Waals surface area contributed by atoms with Crippen LogP contribution in [0.4, 0.5) is 0 Å². The van der Waals surface area contributed by atoms with E-state index in [2.05, 4.69) is 36.9 Å². The lowest BCUT2D eigenvalue weighted by Gasteiger charge is -2.42. The summed E-state index contributed by atoms with van der Waals surface area (Å²) in [5.74, 6) is 0. The summed E-state index contributed by atoms with van der Waals surface area (Å²) in [6, 6.07) is 6.10. The first-order valence-corrected chi connectivity index (χ1v) is 8.05. The highest BCUT2D eigenvalue weighted by Crippen LogP contribution is 2.33. The van der Waals surface area contributed by atoms with E-state index in [1.54, 1.807) is 0 Å². The highest BCUT2D eigenvalue weighted by Gasteiger charge is 2.34. The van der Waals surface area contributed by atoms with Crippen LogP contribution in [0.15, 0.2) is 18.2 Å². The predicted octanol–water partition coefficient (Wildman–Crippen LogP) is 2.78. The molecule has 1 aliphatic heterocycles. The second kappa shape index (κ2) is 7.10. The molecule has 0 spiro atoms. The fraction of sp³-hybridized carbons (Fsp3) is 0.647. The summed E-state index contributed by atoms with van der Waals surface area (Å²) in [5.41, 5.74) is 2.56. The zero-order valence-corrected chi connectivity index (χ0v) is 14.2. The van der Waals surface area contributed by atoms with Crippen LogP contribution in [0.2, 0.25) is 5.02 Å². The zero-order chi connectivity index (χ0) is 15.5. The van der Waals surface area contributed by atoms with Gasteiger partial charge >= 0.3 is 0 Å². The van der Waals surface area contributed by atoms with Crippen LogP contribution in [-0.2, 0) is 6.54 Å². The van der Waals surface area contributed by atoms with Crippen LogP contribution in [0.3, 0.4) is 0 Å². The van der Waals surface area contributed by atoms with Crippen molar-refractivity contribution in [1.82, 2.24) is 9.80 Å². The van der Waals surface area contributed by atoms with Crippen molar-refractivity contribution in [3.05, 3.63) is 34.3 Å². The van der Waals surface area contributed by atoms with Crippen molar-refractivity contribution >= 4 is 11.6 Å². The molecule has 0 unspecified atom stereocenters. The zero-order valence-electron chi connectivity index (χ0n) is 13.4. The van der Waals surface area contributed by atoms with Gasteiger partial charge in [0.05, 0.1) is 6.61 Å². The molecule has 1 aromatic rings. The number of benzene rings is 1. The van der Waals surface area contributed by atoms with E-state index in [0.29, 0.717) is 0 Å². The van der Waals surface area contributed by atoms with Gasteiger partial charge in [-0.05, 0) is 64.1 Å². The highest BCUT2D eigenvalue weighted by atomic mass is 35.5. The van der Waals surface area contributed by atoms with Crippen molar-refractivity contribution in [2.24, 2.45) is 5.41 Å². The molecule has 0 amide bonds. The topological polar surface area (TPSA) is 26.7 Å². The minimum Gasteiger partial charge on any atom is -0.396 e. The van der Waals surface area contributed by atoms with E-state index >= 15 is 0 Å². The Hall–Kier alpha value is -0.610. The number of aliphatic hydroxyl groups excluding tert-OH is 1. The maximum absolute atomic E-state index is 9.79. The monoisotopic (exact) mass is 310 g/mol. The number of piperidine rings is 1. The summed E-state index contributed by atoms with van der Waals surface area (Å²) in [6.45, 7) is 6.33. The van der Waals surface area contributed by atoms with E-state index in [-0.39, 0.29) is 12.0 Å². The lowest BCUT2D eigenvalue weighted by molar-refractivity contribution is 0.0218. The first kappa shape index (κ1) is 16.8. The Labute approximate surface area is 133 Å². The molecule has 1 N–H and O–H groups in total. The number of aryl methyl sites for hydroxylation is 1. The Morgan fingerprint density at radius 3 is 2.48 bits per heavy atom. The lowest BCUT2D eigenvalue weighted by atomic mass is 9.78. The molecule has 1 aromatic carbocycles. The van der Waals surface area contributed by atoms with E-state index in [4.69, 9.17) is 11.6 Å². The molecule has 1 aliphatic rings. The van der Waals surface area contributed by atoms with Crippen LogP contribution >= 0.6 is 11.6 Å². The van der Waals surface area contributed by atoms with Gasteiger partial charge in [-0.3, -0.25) is 4.90 Å². The second-order valence-corrected chi connectivity index (χ2v) is 7.11. The third kappa shape index (κ3) is 4.19. The number of hydrogen-bond acceptors (Lipinski definition) is 3. The van der Waals surface area contributed by atoms with Gasteiger partial charge < -0.3 is 10.0 Å². The molecule has 0 aliphatic carbocycles. The SMILES string of the molecule is Cc1cccc(Cl)c1CN1CCC(CO)(CN(C)C)CC1. The molecule has 4 heteroatoms.